The van der Waals surface area contributed by atoms with Gasteiger partial charge in [0.25, 0.3) is 0 Å². The normalized spacial score (nSPS) is 26.8. The average molecular weight is 216 g/mol. The molecule has 1 aliphatic rings. The molecule has 15 heavy (non-hydrogen) atoms. The molecule has 0 aromatic carbocycles. The standard InChI is InChI=1S/C12H24O3/c1-4-5-6-7-8-10(13)11-9-14-12(2,3)15-11/h10-11,13H,4-9H2,1-3H3/t10-,11-/m0/s1. The fourth-order valence-corrected chi connectivity index (χ4v) is 1.87. The summed E-state index contributed by atoms with van der Waals surface area (Å²) in [6.07, 6.45) is 5.07. The van der Waals surface area contributed by atoms with Crippen molar-refractivity contribution in [2.45, 2.75) is 70.9 Å². The van der Waals surface area contributed by atoms with E-state index in [1.807, 2.05) is 13.8 Å². The van der Waals surface area contributed by atoms with Gasteiger partial charge in [0.05, 0.1) is 12.7 Å². The Morgan fingerprint density at radius 2 is 2.07 bits per heavy atom. The number of hydrogen-bond donors (Lipinski definition) is 1. The van der Waals surface area contributed by atoms with Crippen LogP contribution in [0, 0.1) is 0 Å². The average Bonchev–Trinajstić information content (AvgIpc) is 2.53. The zero-order valence-electron chi connectivity index (χ0n) is 10.2. The van der Waals surface area contributed by atoms with Gasteiger partial charge in [-0.15, -0.1) is 0 Å². The monoisotopic (exact) mass is 216 g/mol. The molecule has 0 aromatic rings. The van der Waals surface area contributed by atoms with Crippen LogP contribution in [0.3, 0.4) is 0 Å². The van der Waals surface area contributed by atoms with Crippen molar-refractivity contribution in [3.63, 3.8) is 0 Å². The van der Waals surface area contributed by atoms with Crippen molar-refractivity contribution in [3.05, 3.63) is 0 Å². The molecule has 1 heterocycles. The van der Waals surface area contributed by atoms with E-state index in [2.05, 4.69) is 6.92 Å². The molecule has 3 nitrogen and oxygen atoms in total. The quantitative estimate of drug-likeness (QED) is 0.693. The van der Waals surface area contributed by atoms with E-state index in [-0.39, 0.29) is 12.2 Å². The van der Waals surface area contributed by atoms with E-state index in [0.29, 0.717) is 6.61 Å². The third-order valence-corrected chi connectivity index (χ3v) is 2.81. The minimum atomic E-state index is -0.519. The maximum atomic E-state index is 9.88. The minimum absolute atomic E-state index is 0.137. The van der Waals surface area contributed by atoms with Crippen LogP contribution < -0.4 is 0 Å². The van der Waals surface area contributed by atoms with Crippen LogP contribution in [-0.4, -0.2) is 29.7 Å². The molecule has 0 aliphatic carbocycles. The first-order chi connectivity index (χ1) is 7.05. The number of unbranched alkanes of at least 4 members (excludes halogenated alkanes) is 3. The fraction of sp³-hybridized carbons (Fsp3) is 1.00. The highest BCUT2D eigenvalue weighted by Crippen LogP contribution is 2.25. The molecule has 90 valence electrons. The van der Waals surface area contributed by atoms with Gasteiger partial charge >= 0.3 is 0 Å². The van der Waals surface area contributed by atoms with E-state index in [4.69, 9.17) is 9.47 Å². The molecule has 0 bridgehead atoms. The molecule has 0 amide bonds. The van der Waals surface area contributed by atoms with Crippen molar-refractivity contribution in [1.29, 1.82) is 0 Å². The van der Waals surface area contributed by atoms with E-state index < -0.39 is 5.79 Å². The lowest BCUT2D eigenvalue weighted by molar-refractivity contribution is -0.151. The van der Waals surface area contributed by atoms with E-state index in [0.717, 1.165) is 12.8 Å². The van der Waals surface area contributed by atoms with Gasteiger partial charge in [-0.2, -0.15) is 0 Å². The summed E-state index contributed by atoms with van der Waals surface area (Å²) in [5.74, 6) is -0.519. The van der Waals surface area contributed by atoms with Gasteiger partial charge in [-0.1, -0.05) is 32.6 Å². The Morgan fingerprint density at radius 1 is 1.33 bits per heavy atom. The molecule has 0 spiro atoms. The van der Waals surface area contributed by atoms with Crippen LogP contribution in [0.1, 0.15) is 52.9 Å². The van der Waals surface area contributed by atoms with E-state index in [1.165, 1.54) is 19.3 Å². The zero-order valence-corrected chi connectivity index (χ0v) is 10.2. The topological polar surface area (TPSA) is 38.7 Å². The first-order valence-corrected chi connectivity index (χ1v) is 6.05. The third kappa shape index (κ3) is 4.49. The molecule has 3 heteroatoms. The van der Waals surface area contributed by atoms with Crippen molar-refractivity contribution in [2.75, 3.05) is 6.61 Å². The predicted octanol–water partition coefficient (Wildman–Crippen LogP) is 2.47. The third-order valence-electron chi connectivity index (χ3n) is 2.81. The summed E-state index contributed by atoms with van der Waals surface area (Å²) in [5, 5.41) is 9.88. The Hall–Kier alpha value is -0.120. The number of rotatable bonds is 6. The zero-order chi connectivity index (χ0) is 11.3. The highest BCUT2D eigenvalue weighted by molar-refractivity contribution is 4.77. The van der Waals surface area contributed by atoms with Crippen LogP contribution in [0.15, 0.2) is 0 Å². The first kappa shape index (κ1) is 12.9. The van der Waals surface area contributed by atoms with Crippen molar-refractivity contribution in [3.8, 4) is 0 Å². The summed E-state index contributed by atoms with van der Waals surface area (Å²) in [4.78, 5) is 0. The van der Waals surface area contributed by atoms with Gasteiger partial charge in [-0.25, -0.2) is 0 Å². The second-order valence-corrected chi connectivity index (χ2v) is 4.78. The summed E-state index contributed by atoms with van der Waals surface area (Å²) < 4.78 is 11.0. The molecular formula is C12H24O3. The van der Waals surface area contributed by atoms with Gasteiger partial charge in [0.1, 0.15) is 6.10 Å². The lowest BCUT2D eigenvalue weighted by Gasteiger charge is -2.20. The smallest absolute Gasteiger partial charge is 0.163 e. The van der Waals surface area contributed by atoms with Crippen molar-refractivity contribution in [2.24, 2.45) is 0 Å². The van der Waals surface area contributed by atoms with Gasteiger partial charge in [0, 0.05) is 0 Å². The molecule has 0 radical (unpaired) electrons. The Bertz CT molecular complexity index is 180. The van der Waals surface area contributed by atoms with Crippen LogP contribution in [0.4, 0.5) is 0 Å². The lowest BCUT2D eigenvalue weighted by Crippen LogP contribution is -2.30. The Kier molecular flexibility index (Phi) is 5.03. The van der Waals surface area contributed by atoms with Gasteiger partial charge in [-0.05, 0) is 20.3 Å². The predicted molar refractivity (Wildman–Crippen MR) is 59.7 cm³/mol. The summed E-state index contributed by atoms with van der Waals surface area (Å²) in [5.41, 5.74) is 0. The number of aliphatic hydroxyl groups is 1. The lowest BCUT2D eigenvalue weighted by atomic mass is 10.1. The van der Waals surface area contributed by atoms with Crippen molar-refractivity contribution < 1.29 is 14.6 Å². The van der Waals surface area contributed by atoms with Gasteiger partial charge in [0.15, 0.2) is 5.79 Å². The molecule has 1 fully saturated rings. The number of hydrogen-bond acceptors (Lipinski definition) is 3. The summed E-state index contributed by atoms with van der Waals surface area (Å²) in [7, 11) is 0. The molecular weight excluding hydrogens is 192 g/mol. The fourth-order valence-electron chi connectivity index (χ4n) is 1.87. The van der Waals surface area contributed by atoms with Crippen LogP contribution >= 0.6 is 0 Å². The summed E-state index contributed by atoms with van der Waals surface area (Å²) in [6, 6.07) is 0. The highest BCUT2D eigenvalue weighted by Gasteiger charge is 2.36. The van der Waals surface area contributed by atoms with Crippen LogP contribution in [0.2, 0.25) is 0 Å². The van der Waals surface area contributed by atoms with Gasteiger partial charge in [-0.3, -0.25) is 0 Å². The maximum absolute atomic E-state index is 9.88. The number of aliphatic hydroxyl groups excluding tert-OH is 1. The molecule has 1 rings (SSSR count). The Balaban J connectivity index is 2.15. The van der Waals surface area contributed by atoms with E-state index >= 15 is 0 Å². The Labute approximate surface area is 92.8 Å². The minimum Gasteiger partial charge on any atom is -0.390 e. The Morgan fingerprint density at radius 3 is 2.60 bits per heavy atom. The van der Waals surface area contributed by atoms with Gasteiger partial charge in [0.2, 0.25) is 0 Å². The summed E-state index contributed by atoms with van der Waals surface area (Å²) in [6.45, 7) is 6.47. The first-order valence-electron chi connectivity index (χ1n) is 6.05. The second kappa shape index (κ2) is 5.83. The van der Waals surface area contributed by atoms with Crippen molar-refractivity contribution >= 4 is 0 Å². The van der Waals surface area contributed by atoms with Crippen LogP contribution in [-0.2, 0) is 9.47 Å². The van der Waals surface area contributed by atoms with Crippen LogP contribution in [0.5, 0.6) is 0 Å². The van der Waals surface area contributed by atoms with Crippen molar-refractivity contribution in [1.82, 2.24) is 0 Å². The molecule has 1 saturated heterocycles. The largest absolute Gasteiger partial charge is 0.390 e. The summed E-state index contributed by atoms with van der Waals surface area (Å²) >= 11 is 0. The van der Waals surface area contributed by atoms with Crippen LogP contribution in [0.25, 0.3) is 0 Å². The molecule has 2 atom stereocenters. The van der Waals surface area contributed by atoms with E-state index in [1.54, 1.807) is 0 Å². The highest BCUT2D eigenvalue weighted by atomic mass is 16.7. The molecule has 1 N–H and O–H groups in total. The molecule has 0 unspecified atom stereocenters. The molecule has 0 aromatic heterocycles. The number of ether oxygens (including phenoxy) is 2. The van der Waals surface area contributed by atoms with Gasteiger partial charge < -0.3 is 14.6 Å². The molecule has 1 aliphatic heterocycles. The van der Waals surface area contributed by atoms with E-state index in [9.17, 15) is 5.11 Å². The SMILES string of the molecule is CCCCCC[C@H](O)[C@@H]1COC(C)(C)O1. The maximum Gasteiger partial charge on any atom is 0.163 e. The second-order valence-electron chi connectivity index (χ2n) is 4.78. The molecule has 0 saturated carbocycles.